The van der Waals surface area contributed by atoms with E-state index in [1.54, 1.807) is 19.1 Å². The van der Waals surface area contributed by atoms with Crippen molar-refractivity contribution in [3.05, 3.63) is 55.0 Å². The van der Waals surface area contributed by atoms with Gasteiger partial charge in [-0.05, 0) is 89.7 Å². The SMILES string of the molecule is CCCCOC(=O)c1cc(NC(=O)CN2C(=O)S/C(=C/c3cc(I)c(OCC(=O)OC)c(OCC)c3)C2=O)ccc1Cl. The number of nitrogens with one attached hydrogen (secondary N) is 1. The predicted molar refractivity (Wildman–Crippen MR) is 166 cm³/mol. The number of hydrogen-bond donors (Lipinski definition) is 1. The molecule has 1 aliphatic heterocycles. The number of esters is 2. The fraction of sp³-hybridized carbons (Fsp3) is 0.321. The number of methoxy groups -OCH3 is 1. The number of unbranched alkanes of at least 4 members (excludes halogenated alkanes) is 1. The van der Waals surface area contributed by atoms with Gasteiger partial charge in [0.2, 0.25) is 5.91 Å². The van der Waals surface area contributed by atoms with Crippen molar-refractivity contribution in [1.29, 1.82) is 0 Å². The molecule has 0 aliphatic carbocycles. The second-order valence-corrected chi connectivity index (χ2v) is 11.2. The van der Waals surface area contributed by atoms with Gasteiger partial charge in [-0.15, -0.1) is 0 Å². The van der Waals surface area contributed by atoms with Crippen LogP contribution in [-0.4, -0.2) is 67.4 Å². The molecule has 0 unspecified atom stereocenters. The third kappa shape index (κ3) is 8.85. The molecular formula is C28H28ClIN2O9S. The number of rotatable bonds is 13. The van der Waals surface area contributed by atoms with Crippen LogP contribution in [0.5, 0.6) is 11.5 Å². The van der Waals surface area contributed by atoms with E-state index in [9.17, 15) is 24.0 Å². The van der Waals surface area contributed by atoms with E-state index >= 15 is 0 Å². The molecule has 11 nitrogen and oxygen atoms in total. The minimum atomic E-state index is -0.647. The number of halogens is 2. The first kappa shape index (κ1) is 33.2. The first-order valence-electron chi connectivity index (χ1n) is 12.8. The number of ether oxygens (including phenoxy) is 4. The number of amides is 3. The Morgan fingerprint density at radius 2 is 1.88 bits per heavy atom. The molecule has 1 N–H and O–H groups in total. The summed E-state index contributed by atoms with van der Waals surface area (Å²) in [6, 6.07) is 7.62. The normalized spacial score (nSPS) is 13.7. The Balaban J connectivity index is 1.72. The summed E-state index contributed by atoms with van der Waals surface area (Å²) in [7, 11) is 1.25. The van der Waals surface area contributed by atoms with Crippen molar-refractivity contribution in [2.45, 2.75) is 26.7 Å². The number of anilines is 1. The number of carbonyl (C=O) groups excluding carboxylic acids is 5. The lowest BCUT2D eigenvalue weighted by atomic mass is 10.2. The first-order chi connectivity index (χ1) is 20.1. The summed E-state index contributed by atoms with van der Waals surface area (Å²) in [5, 5.41) is 2.13. The van der Waals surface area contributed by atoms with Crippen LogP contribution in [0.3, 0.4) is 0 Å². The van der Waals surface area contributed by atoms with Crippen LogP contribution in [0, 0.1) is 3.57 Å². The average molecular weight is 731 g/mol. The zero-order chi connectivity index (χ0) is 30.8. The number of imide groups is 1. The van der Waals surface area contributed by atoms with Crippen LogP contribution in [0.25, 0.3) is 6.08 Å². The Morgan fingerprint density at radius 1 is 1.12 bits per heavy atom. The molecule has 0 radical (unpaired) electrons. The van der Waals surface area contributed by atoms with Gasteiger partial charge in [-0.2, -0.15) is 0 Å². The van der Waals surface area contributed by atoms with Gasteiger partial charge < -0.3 is 24.3 Å². The maximum absolute atomic E-state index is 13.0. The summed E-state index contributed by atoms with van der Waals surface area (Å²) in [5.41, 5.74) is 0.882. The van der Waals surface area contributed by atoms with Crippen molar-refractivity contribution < 1.29 is 42.9 Å². The van der Waals surface area contributed by atoms with Crippen molar-refractivity contribution >= 4 is 86.7 Å². The smallest absolute Gasteiger partial charge is 0.343 e. The number of carbonyl (C=O) groups is 5. The maximum atomic E-state index is 13.0. The lowest BCUT2D eigenvalue weighted by molar-refractivity contribution is -0.143. The van der Waals surface area contributed by atoms with Crippen LogP contribution in [0.15, 0.2) is 35.2 Å². The zero-order valence-corrected chi connectivity index (χ0v) is 26.7. The molecular weight excluding hydrogens is 703 g/mol. The fourth-order valence-corrected chi connectivity index (χ4v) is 5.36. The summed E-state index contributed by atoms with van der Waals surface area (Å²) >= 11 is 8.83. The van der Waals surface area contributed by atoms with Crippen LogP contribution in [-0.2, 0) is 23.9 Å². The third-order valence-electron chi connectivity index (χ3n) is 5.57. The molecule has 14 heteroatoms. The molecule has 3 amide bonds. The van der Waals surface area contributed by atoms with E-state index in [1.165, 1.54) is 31.4 Å². The molecule has 0 spiro atoms. The summed E-state index contributed by atoms with van der Waals surface area (Å²) in [6.07, 6.45) is 3.07. The van der Waals surface area contributed by atoms with Crippen LogP contribution < -0.4 is 14.8 Å². The largest absolute Gasteiger partial charge is 0.490 e. The molecule has 2 aromatic carbocycles. The van der Waals surface area contributed by atoms with E-state index in [2.05, 4.69) is 10.1 Å². The van der Waals surface area contributed by atoms with Crippen LogP contribution in [0.2, 0.25) is 5.02 Å². The van der Waals surface area contributed by atoms with Crippen molar-refractivity contribution in [3.63, 3.8) is 0 Å². The van der Waals surface area contributed by atoms with Gasteiger partial charge >= 0.3 is 11.9 Å². The highest BCUT2D eigenvalue weighted by Gasteiger charge is 2.36. The molecule has 224 valence electrons. The van der Waals surface area contributed by atoms with Crippen LogP contribution in [0.1, 0.15) is 42.6 Å². The topological polar surface area (TPSA) is 138 Å². The quantitative estimate of drug-likeness (QED) is 0.121. The Labute approximate surface area is 265 Å². The molecule has 0 atom stereocenters. The van der Waals surface area contributed by atoms with Gasteiger partial charge in [0.15, 0.2) is 18.1 Å². The number of benzene rings is 2. The first-order valence-corrected chi connectivity index (χ1v) is 15.0. The van der Waals surface area contributed by atoms with E-state index in [0.717, 1.165) is 11.3 Å². The van der Waals surface area contributed by atoms with E-state index in [4.69, 9.17) is 25.8 Å². The molecule has 0 saturated carbocycles. The molecule has 1 saturated heterocycles. The van der Waals surface area contributed by atoms with Gasteiger partial charge in [-0.3, -0.25) is 19.3 Å². The molecule has 2 aromatic rings. The Kier molecular flexibility index (Phi) is 12.5. The Morgan fingerprint density at radius 3 is 2.57 bits per heavy atom. The maximum Gasteiger partial charge on any atom is 0.343 e. The van der Waals surface area contributed by atoms with E-state index < -0.39 is 35.5 Å². The van der Waals surface area contributed by atoms with Crippen molar-refractivity contribution in [2.24, 2.45) is 0 Å². The predicted octanol–water partition coefficient (Wildman–Crippen LogP) is 5.53. The number of nitrogens with zero attached hydrogens (tertiary/aromatic N) is 1. The molecule has 1 heterocycles. The second-order valence-electron chi connectivity index (χ2n) is 8.63. The highest BCUT2D eigenvalue weighted by atomic mass is 127. The second kappa shape index (κ2) is 15.8. The summed E-state index contributed by atoms with van der Waals surface area (Å²) in [4.78, 5) is 63.2. The van der Waals surface area contributed by atoms with Gasteiger partial charge in [0.05, 0.1) is 39.4 Å². The summed E-state index contributed by atoms with van der Waals surface area (Å²) in [6.45, 7) is 3.45. The van der Waals surface area contributed by atoms with Gasteiger partial charge in [0.25, 0.3) is 11.1 Å². The summed E-state index contributed by atoms with van der Waals surface area (Å²) < 4.78 is 21.6. The van der Waals surface area contributed by atoms with Crippen molar-refractivity contribution in [1.82, 2.24) is 4.90 Å². The van der Waals surface area contributed by atoms with Gasteiger partial charge in [0.1, 0.15) is 6.54 Å². The monoisotopic (exact) mass is 730 g/mol. The van der Waals surface area contributed by atoms with E-state index in [-0.39, 0.29) is 34.4 Å². The zero-order valence-electron chi connectivity index (χ0n) is 23.0. The fourth-order valence-electron chi connectivity index (χ4n) is 3.54. The highest BCUT2D eigenvalue weighted by molar-refractivity contribution is 14.1. The molecule has 1 aliphatic rings. The van der Waals surface area contributed by atoms with Crippen molar-refractivity contribution in [2.75, 3.05) is 38.8 Å². The van der Waals surface area contributed by atoms with Crippen molar-refractivity contribution in [3.8, 4) is 11.5 Å². The van der Waals surface area contributed by atoms with Crippen LogP contribution >= 0.6 is 46.0 Å². The molecule has 3 rings (SSSR count). The molecule has 42 heavy (non-hydrogen) atoms. The van der Waals surface area contributed by atoms with Crippen LogP contribution in [0.4, 0.5) is 10.5 Å². The summed E-state index contributed by atoms with van der Waals surface area (Å²) in [5.74, 6) is -1.79. The molecule has 1 fully saturated rings. The highest BCUT2D eigenvalue weighted by Crippen LogP contribution is 2.37. The lowest BCUT2D eigenvalue weighted by Gasteiger charge is -2.14. The van der Waals surface area contributed by atoms with E-state index in [0.29, 0.717) is 45.4 Å². The minimum Gasteiger partial charge on any atom is -0.490 e. The van der Waals surface area contributed by atoms with Gasteiger partial charge in [-0.25, -0.2) is 9.59 Å². The molecule has 0 aromatic heterocycles. The lowest BCUT2D eigenvalue weighted by Crippen LogP contribution is -2.36. The minimum absolute atomic E-state index is 0.0856. The van der Waals surface area contributed by atoms with E-state index in [1.807, 2.05) is 29.5 Å². The average Bonchev–Trinajstić information content (AvgIpc) is 3.20. The van der Waals surface area contributed by atoms with Gasteiger partial charge in [0, 0.05) is 5.69 Å². The standard InChI is InChI=1S/C28H28ClIN2O9S/c1-4-6-9-40-27(36)18-13-17(7-8-19(18)29)31-23(33)14-32-26(35)22(42-28(32)37)12-16-10-20(30)25(21(11-16)39-5-2)41-15-24(34)38-3/h7-8,10-13H,4-6,9,14-15H2,1-3H3,(H,31,33)/b22-12+. The Hall–Kier alpha value is -3.30. The third-order valence-corrected chi connectivity index (χ3v) is 7.61. The number of hydrogen-bond acceptors (Lipinski definition) is 10. The number of thioether (sulfide) groups is 1. The molecule has 0 bridgehead atoms. The Bertz CT molecular complexity index is 1420. The van der Waals surface area contributed by atoms with Gasteiger partial charge in [-0.1, -0.05) is 24.9 Å².